The fraction of sp³-hybridized carbons (Fsp3) is 0.0769. The molecule has 0 atom stereocenters. The van der Waals surface area contributed by atoms with Crippen molar-refractivity contribution in [2.45, 2.75) is 6.92 Å². The van der Waals surface area contributed by atoms with Crippen molar-refractivity contribution in [3.8, 4) is 0 Å². The molecular weight excluding hydrogens is 300 g/mol. The fourth-order valence-electron chi connectivity index (χ4n) is 0.877. The lowest BCUT2D eigenvalue weighted by Gasteiger charge is -1.98. The van der Waals surface area contributed by atoms with Crippen LogP contribution in [0.25, 0.3) is 0 Å². The second-order valence-corrected chi connectivity index (χ2v) is 3.77. The Morgan fingerprint density at radius 1 is 1.22 bits per heavy atom. The summed E-state index contributed by atoms with van der Waals surface area (Å²) in [6.07, 6.45) is 2.21. The van der Waals surface area contributed by atoms with E-state index in [1.54, 1.807) is 18.2 Å². The van der Waals surface area contributed by atoms with Crippen molar-refractivity contribution in [3.05, 3.63) is 60.0 Å². The average Bonchev–Trinajstić information content (AvgIpc) is 2.30. The summed E-state index contributed by atoms with van der Waals surface area (Å²) in [5.41, 5.74) is 0.504. The zero-order chi connectivity index (χ0) is 14.0. The Labute approximate surface area is 114 Å². The largest absolute Gasteiger partial charge is 0.435 e. The number of rotatable bonds is 3. The van der Waals surface area contributed by atoms with E-state index in [9.17, 15) is 9.59 Å². The van der Waals surface area contributed by atoms with Gasteiger partial charge in [-0.15, -0.1) is 0 Å². The predicted molar refractivity (Wildman–Crippen MR) is 71.7 cm³/mol. The van der Waals surface area contributed by atoms with Gasteiger partial charge in [0.05, 0.1) is 18.1 Å². The van der Waals surface area contributed by atoms with Crippen LogP contribution < -0.4 is 0 Å². The molecule has 18 heavy (non-hydrogen) atoms. The van der Waals surface area contributed by atoms with Crippen LogP contribution >= 0.6 is 15.9 Å². The van der Waals surface area contributed by atoms with Crippen LogP contribution in [0.5, 0.6) is 0 Å². The van der Waals surface area contributed by atoms with E-state index in [1.807, 2.05) is 6.07 Å². The van der Waals surface area contributed by atoms with E-state index < -0.39 is 5.97 Å². The van der Waals surface area contributed by atoms with Gasteiger partial charge in [0.2, 0.25) is 0 Å². The van der Waals surface area contributed by atoms with Gasteiger partial charge in [-0.2, -0.15) is 0 Å². The molecule has 96 valence electrons. The maximum atomic E-state index is 11.1. The summed E-state index contributed by atoms with van der Waals surface area (Å²) < 4.78 is 9.60. The molecule has 0 radical (unpaired) electrons. The van der Waals surface area contributed by atoms with Crippen LogP contribution in [0.4, 0.5) is 0 Å². The third-order valence-electron chi connectivity index (χ3n) is 1.50. The molecule has 0 aliphatic carbocycles. The first-order valence-corrected chi connectivity index (χ1v) is 5.66. The van der Waals surface area contributed by atoms with Gasteiger partial charge in [-0.05, 0) is 18.2 Å². The molecular formula is C13H13BrO4. The minimum absolute atomic E-state index is 0.329. The number of benzene rings is 1. The van der Waals surface area contributed by atoms with Gasteiger partial charge in [-0.25, -0.2) is 4.79 Å². The first-order valence-electron chi connectivity index (χ1n) is 4.86. The molecule has 0 spiro atoms. The van der Waals surface area contributed by atoms with Crippen molar-refractivity contribution in [1.82, 2.24) is 0 Å². The topological polar surface area (TPSA) is 52.6 Å². The molecule has 0 bridgehead atoms. The summed E-state index contributed by atoms with van der Waals surface area (Å²) >= 11 is 3.25. The molecule has 0 aliphatic heterocycles. The highest BCUT2D eigenvalue weighted by atomic mass is 79.9. The Kier molecular flexibility index (Phi) is 8.22. The highest BCUT2D eigenvalue weighted by Gasteiger charge is 2.04. The number of hydrogen-bond acceptors (Lipinski definition) is 4. The molecule has 1 rings (SSSR count). The Hall–Kier alpha value is -1.88. The molecule has 0 N–H and O–H groups in total. The first-order chi connectivity index (χ1) is 8.51. The van der Waals surface area contributed by atoms with Crippen molar-refractivity contribution in [1.29, 1.82) is 0 Å². The van der Waals surface area contributed by atoms with Crippen molar-refractivity contribution in [2.24, 2.45) is 0 Å². The molecule has 0 aliphatic rings. The van der Waals surface area contributed by atoms with Gasteiger partial charge in [0.1, 0.15) is 0 Å². The maximum absolute atomic E-state index is 11.1. The summed E-state index contributed by atoms with van der Waals surface area (Å²) in [7, 11) is 0. The second-order valence-electron chi connectivity index (χ2n) is 2.86. The van der Waals surface area contributed by atoms with Crippen molar-refractivity contribution in [2.75, 3.05) is 0 Å². The first kappa shape index (κ1) is 16.1. The second kappa shape index (κ2) is 9.18. The zero-order valence-corrected chi connectivity index (χ0v) is 11.5. The van der Waals surface area contributed by atoms with E-state index in [4.69, 9.17) is 0 Å². The van der Waals surface area contributed by atoms with E-state index in [0.717, 1.165) is 17.0 Å². The fourth-order valence-corrected chi connectivity index (χ4v) is 1.28. The van der Waals surface area contributed by atoms with Gasteiger partial charge >= 0.3 is 11.9 Å². The Morgan fingerprint density at radius 3 is 2.22 bits per heavy atom. The SMILES string of the molecule is C=COC(=O)c1cccc(Br)c1.C=COC(C)=O. The minimum Gasteiger partial charge on any atom is -0.435 e. The van der Waals surface area contributed by atoms with E-state index in [2.05, 4.69) is 38.6 Å². The summed E-state index contributed by atoms with van der Waals surface area (Å²) in [5, 5.41) is 0. The molecule has 0 heterocycles. The number of carbonyl (C=O) groups is 2. The Morgan fingerprint density at radius 2 is 1.83 bits per heavy atom. The van der Waals surface area contributed by atoms with E-state index >= 15 is 0 Å². The van der Waals surface area contributed by atoms with Gasteiger partial charge in [0.25, 0.3) is 0 Å². The number of halogens is 1. The van der Waals surface area contributed by atoms with Crippen LogP contribution in [-0.2, 0) is 14.3 Å². The van der Waals surface area contributed by atoms with Crippen LogP contribution in [0.1, 0.15) is 17.3 Å². The highest BCUT2D eigenvalue weighted by Crippen LogP contribution is 2.12. The molecule has 0 saturated carbocycles. The van der Waals surface area contributed by atoms with Crippen molar-refractivity contribution in [3.63, 3.8) is 0 Å². The quantitative estimate of drug-likeness (QED) is 0.633. The Bertz CT molecular complexity index is 440. The summed E-state index contributed by atoms with van der Waals surface area (Å²) in [6.45, 7) is 7.77. The van der Waals surface area contributed by atoms with E-state index in [-0.39, 0.29) is 5.97 Å². The lowest BCUT2D eigenvalue weighted by Crippen LogP contribution is -1.99. The van der Waals surface area contributed by atoms with Gasteiger partial charge in [0, 0.05) is 11.4 Å². The van der Waals surface area contributed by atoms with Crippen LogP contribution in [0.2, 0.25) is 0 Å². The van der Waals surface area contributed by atoms with Crippen LogP contribution in [0.3, 0.4) is 0 Å². The summed E-state index contributed by atoms with van der Waals surface area (Å²) in [6, 6.07) is 6.97. The van der Waals surface area contributed by atoms with Gasteiger partial charge < -0.3 is 9.47 Å². The molecule has 5 heteroatoms. The van der Waals surface area contributed by atoms with E-state index in [0.29, 0.717) is 5.56 Å². The van der Waals surface area contributed by atoms with Gasteiger partial charge in [-0.1, -0.05) is 35.2 Å². The standard InChI is InChI=1S/C9H7BrO2.C4H6O2/c1-2-12-9(11)7-4-3-5-8(10)6-7;1-3-6-4(2)5/h2-6H,1H2;3H,1H2,2H3. The maximum Gasteiger partial charge on any atom is 0.342 e. The van der Waals surface area contributed by atoms with Gasteiger partial charge in [-0.3, -0.25) is 4.79 Å². The summed E-state index contributed by atoms with van der Waals surface area (Å²) in [5.74, 6) is -0.726. The third-order valence-corrected chi connectivity index (χ3v) is 1.99. The molecule has 0 unspecified atom stereocenters. The monoisotopic (exact) mass is 312 g/mol. The van der Waals surface area contributed by atoms with Crippen molar-refractivity contribution < 1.29 is 19.1 Å². The van der Waals surface area contributed by atoms with Crippen molar-refractivity contribution >= 4 is 27.9 Å². The van der Waals surface area contributed by atoms with Crippen LogP contribution in [-0.4, -0.2) is 11.9 Å². The number of esters is 2. The number of hydrogen-bond donors (Lipinski definition) is 0. The van der Waals surface area contributed by atoms with Gasteiger partial charge in [0.15, 0.2) is 0 Å². The van der Waals surface area contributed by atoms with Crippen LogP contribution in [0.15, 0.2) is 54.4 Å². The predicted octanol–water partition coefficient (Wildman–Crippen LogP) is 3.44. The lowest BCUT2D eigenvalue weighted by molar-refractivity contribution is -0.135. The van der Waals surface area contributed by atoms with E-state index in [1.165, 1.54) is 6.92 Å². The molecule has 0 aromatic heterocycles. The molecule has 1 aromatic rings. The molecule has 0 amide bonds. The zero-order valence-electron chi connectivity index (χ0n) is 9.89. The average molecular weight is 313 g/mol. The third kappa shape index (κ3) is 7.40. The number of ether oxygens (including phenoxy) is 2. The smallest absolute Gasteiger partial charge is 0.342 e. The molecule has 0 fully saturated rings. The minimum atomic E-state index is -0.397. The molecule has 1 aromatic carbocycles. The normalized spacial score (nSPS) is 8.33. The highest BCUT2D eigenvalue weighted by molar-refractivity contribution is 9.10. The van der Waals surface area contributed by atoms with Crippen LogP contribution in [0, 0.1) is 0 Å². The number of carbonyl (C=O) groups excluding carboxylic acids is 2. The Balaban J connectivity index is 0.000000411. The molecule has 0 saturated heterocycles. The molecule has 4 nitrogen and oxygen atoms in total. The summed E-state index contributed by atoms with van der Waals surface area (Å²) in [4.78, 5) is 20.8. The lowest BCUT2D eigenvalue weighted by atomic mass is 10.2.